The molecule has 0 spiro atoms. The summed E-state index contributed by atoms with van der Waals surface area (Å²) in [5, 5.41) is 21.7. The summed E-state index contributed by atoms with van der Waals surface area (Å²) in [4.78, 5) is 0. The fourth-order valence-corrected chi connectivity index (χ4v) is 1.63. The first-order valence-electron chi connectivity index (χ1n) is 5.04. The Balaban J connectivity index is 2.33. The van der Waals surface area contributed by atoms with Crippen molar-refractivity contribution in [1.82, 2.24) is 5.32 Å². The summed E-state index contributed by atoms with van der Waals surface area (Å²) in [6, 6.07) is 2.50. The molecule has 0 radical (unpaired) electrons. The van der Waals surface area contributed by atoms with E-state index in [-0.39, 0.29) is 5.56 Å². The second-order valence-corrected chi connectivity index (χ2v) is 3.74. The second-order valence-electron chi connectivity index (χ2n) is 3.74. The van der Waals surface area contributed by atoms with Crippen LogP contribution in [0.15, 0.2) is 30.7 Å². The van der Waals surface area contributed by atoms with Crippen LogP contribution in [0.4, 0.5) is 13.2 Å². The molecule has 18 heavy (non-hydrogen) atoms. The minimum absolute atomic E-state index is 0.0763. The average molecular weight is 261 g/mol. The molecule has 2 unspecified atom stereocenters. The summed E-state index contributed by atoms with van der Waals surface area (Å²) < 4.78 is 42.3. The van der Waals surface area contributed by atoms with Crippen LogP contribution in [0.5, 0.6) is 5.75 Å². The van der Waals surface area contributed by atoms with Crippen molar-refractivity contribution >= 4 is 0 Å². The molecule has 1 aliphatic rings. The summed E-state index contributed by atoms with van der Waals surface area (Å²) in [6.07, 6.45) is -4.04. The van der Waals surface area contributed by atoms with Crippen LogP contribution in [-0.4, -0.2) is 16.4 Å². The van der Waals surface area contributed by atoms with Gasteiger partial charge >= 0.3 is 6.18 Å². The predicted octanol–water partition coefficient (Wildman–Crippen LogP) is 1.86. The number of benzene rings is 1. The molecule has 1 heterocycles. The van der Waals surface area contributed by atoms with Crippen LogP contribution in [-0.2, 0) is 10.9 Å². The van der Waals surface area contributed by atoms with E-state index in [0.29, 0.717) is 6.07 Å². The number of nitrogens with one attached hydrogen (secondary N) is 1. The van der Waals surface area contributed by atoms with E-state index in [4.69, 9.17) is 4.74 Å². The molecule has 98 valence electrons. The van der Waals surface area contributed by atoms with E-state index < -0.39 is 29.8 Å². The van der Waals surface area contributed by atoms with Crippen molar-refractivity contribution in [3.63, 3.8) is 0 Å². The van der Waals surface area contributed by atoms with Gasteiger partial charge in [0.1, 0.15) is 5.75 Å². The molecule has 0 aliphatic carbocycles. The summed E-state index contributed by atoms with van der Waals surface area (Å²) >= 11 is 0. The molecule has 1 aromatic rings. The van der Waals surface area contributed by atoms with E-state index in [0.717, 1.165) is 12.1 Å². The molecule has 1 aliphatic heterocycles. The molecule has 0 amide bonds. The van der Waals surface area contributed by atoms with Crippen LogP contribution in [0.3, 0.4) is 0 Å². The number of rotatable bonds is 1. The Morgan fingerprint density at radius 1 is 1.28 bits per heavy atom. The molecule has 2 rings (SSSR count). The van der Waals surface area contributed by atoms with Crippen molar-refractivity contribution in [3.05, 3.63) is 41.8 Å². The fourth-order valence-electron chi connectivity index (χ4n) is 1.63. The Kier molecular flexibility index (Phi) is 3.08. The molecule has 0 saturated heterocycles. The largest absolute Gasteiger partial charge is 0.508 e. The Hall–Kier alpha value is -1.89. The van der Waals surface area contributed by atoms with Crippen molar-refractivity contribution in [2.45, 2.75) is 18.5 Å². The lowest BCUT2D eigenvalue weighted by Gasteiger charge is -2.27. The van der Waals surface area contributed by atoms with Gasteiger partial charge in [0, 0.05) is 11.8 Å². The maximum Gasteiger partial charge on any atom is 0.416 e. The maximum atomic E-state index is 12.4. The van der Waals surface area contributed by atoms with Crippen LogP contribution in [0.25, 0.3) is 0 Å². The third-order valence-corrected chi connectivity index (χ3v) is 2.51. The van der Waals surface area contributed by atoms with E-state index in [1.54, 1.807) is 0 Å². The molecule has 7 heteroatoms. The SMILES string of the molecule is Oc1cc(C(F)(F)F)ccc1C1OC=CNC1O. The quantitative estimate of drug-likeness (QED) is 0.722. The van der Waals surface area contributed by atoms with Gasteiger partial charge in [0.05, 0.1) is 11.8 Å². The first-order chi connectivity index (χ1) is 8.39. The zero-order valence-corrected chi connectivity index (χ0v) is 8.98. The summed E-state index contributed by atoms with van der Waals surface area (Å²) in [5.41, 5.74) is -0.884. The maximum absolute atomic E-state index is 12.4. The minimum Gasteiger partial charge on any atom is -0.508 e. The lowest BCUT2D eigenvalue weighted by molar-refractivity contribution is -0.137. The van der Waals surface area contributed by atoms with Gasteiger partial charge in [-0.25, -0.2) is 0 Å². The van der Waals surface area contributed by atoms with Gasteiger partial charge in [0.15, 0.2) is 12.3 Å². The molecule has 1 aromatic carbocycles. The lowest BCUT2D eigenvalue weighted by atomic mass is 10.0. The smallest absolute Gasteiger partial charge is 0.416 e. The van der Waals surface area contributed by atoms with E-state index in [2.05, 4.69) is 5.32 Å². The van der Waals surface area contributed by atoms with E-state index in [9.17, 15) is 23.4 Å². The minimum atomic E-state index is -4.53. The first-order valence-corrected chi connectivity index (χ1v) is 5.04. The summed E-state index contributed by atoms with van der Waals surface area (Å²) in [7, 11) is 0. The molecule has 2 atom stereocenters. The standard InChI is InChI=1S/C11H10F3NO3/c12-11(13,14)6-1-2-7(8(16)5-6)9-10(17)15-3-4-18-9/h1-5,9-10,15-17H. The predicted molar refractivity (Wildman–Crippen MR) is 55.2 cm³/mol. The number of ether oxygens (including phenoxy) is 1. The summed E-state index contributed by atoms with van der Waals surface area (Å²) in [5.74, 6) is -0.578. The van der Waals surface area contributed by atoms with E-state index in [1.807, 2.05) is 0 Å². The van der Waals surface area contributed by atoms with Crippen LogP contribution in [0.1, 0.15) is 17.2 Å². The zero-order chi connectivity index (χ0) is 13.3. The van der Waals surface area contributed by atoms with Gasteiger partial charge < -0.3 is 20.3 Å². The van der Waals surface area contributed by atoms with Gasteiger partial charge in [-0.15, -0.1) is 0 Å². The number of hydrogen-bond donors (Lipinski definition) is 3. The normalized spacial score (nSPS) is 23.3. The third kappa shape index (κ3) is 2.35. The zero-order valence-electron chi connectivity index (χ0n) is 8.98. The van der Waals surface area contributed by atoms with Crippen LogP contribution in [0.2, 0.25) is 0 Å². The monoisotopic (exact) mass is 261 g/mol. The molecule has 0 aromatic heterocycles. The highest BCUT2D eigenvalue weighted by Crippen LogP contribution is 2.36. The number of phenols is 1. The van der Waals surface area contributed by atoms with Crippen molar-refractivity contribution in [2.24, 2.45) is 0 Å². The van der Waals surface area contributed by atoms with Crippen molar-refractivity contribution in [2.75, 3.05) is 0 Å². The van der Waals surface area contributed by atoms with Gasteiger partial charge in [-0.1, -0.05) is 6.07 Å². The number of aliphatic hydroxyl groups is 1. The number of hydrogen-bond acceptors (Lipinski definition) is 4. The van der Waals surface area contributed by atoms with Gasteiger partial charge in [0.2, 0.25) is 0 Å². The van der Waals surface area contributed by atoms with E-state index >= 15 is 0 Å². The number of aliphatic hydroxyl groups excluding tert-OH is 1. The lowest BCUT2D eigenvalue weighted by Crippen LogP contribution is -2.34. The first kappa shape index (κ1) is 12.6. The van der Waals surface area contributed by atoms with Crippen LogP contribution < -0.4 is 5.32 Å². The molecular formula is C11H10F3NO3. The van der Waals surface area contributed by atoms with Crippen molar-refractivity contribution in [3.8, 4) is 5.75 Å². The Bertz CT molecular complexity index is 473. The molecule has 0 bridgehead atoms. The topological polar surface area (TPSA) is 61.7 Å². The number of aromatic hydroxyl groups is 1. The number of phenolic OH excluding ortho intramolecular Hbond substituents is 1. The average Bonchev–Trinajstić information content (AvgIpc) is 2.29. The molecule has 0 saturated carbocycles. The van der Waals surface area contributed by atoms with Gasteiger partial charge in [-0.3, -0.25) is 0 Å². The van der Waals surface area contributed by atoms with Gasteiger partial charge in [-0.2, -0.15) is 13.2 Å². The Labute approximate surface area is 100 Å². The van der Waals surface area contributed by atoms with Gasteiger partial charge in [0.25, 0.3) is 0 Å². The summed E-state index contributed by atoms with van der Waals surface area (Å²) in [6.45, 7) is 0. The highest BCUT2D eigenvalue weighted by Gasteiger charge is 2.33. The fraction of sp³-hybridized carbons (Fsp3) is 0.273. The Morgan fingerprint density at radius 2 is 2.00 bits per heavy atom. The molecule has 3 N–H and O–H groups in total. The number of alkyl halides is 3. The Morgan fingerprint density at radius 3 is 2.56 bits per heavy atom. The van der Waals surface area contributed by atoms with Crippen LogP contribution >= 0.6 is 0 Å². The van der Waals surface area contributed by atoms with E-state index in [1.165, 1.54) is 12.5 Å². The van der Waals surface area contributed by atoms with Gasteiger partial charge in [-0.05, 0) is 12.1 Å². The molecular weight excluding hydrogens is 251 g/mol. The third-order valence-electron chi connectivity index (χ3n) is 2.51. The molecule has 0 fully saturated rings. The second kappa shape index (κ2) is 4.41. The highest BCUT2D eigenvalue weighted by molar-refractivity contribution is 5.39. The van der Waals surface area contributed by atoms with Crippen LogP contribution in [0, 0.1) is 0 Å². The molecule has 4 nitrogen and oxygen atoms in total. The van der Waals surface area contributed by atoms with Crippen molar-refractivity contribution in [1.29, 1.82) is 0 Å². The van der Waals surface area contributed by atoms with Crippen molar-refractivity contribution < 1.29 is 28.1 Å². The number of halogens is 3. The highest BCUT2D eigenvalue weighted by atomic mass is 19.4.